The number of aliphatic hydroxyl groups excluding tert-OH is 1. The standard InChI is InChI=1S/C11H18O2/c1-8(2)9-4-5-11(3,7-12)10(13)6-9/h9,12H,1,4-7H2,2-3H3/t9-,11-/m0/s1. The largest absolute Gasteiger partial charge is 0.395 e. The van der Waals surface area contributed by atoms with Crippen LogP contribution in [0.3, 0.4) is 0 Å². The van der Waals surface area contributed by atoms with E-state index in [1.54, 1.807) is 0 Å². The van der Waals surface area contributed by atoms with Gasteiger partial charge >= 0.3 is 0 Å². The van der Waals surface area contributed by atoms with E-state index in [2.05, 4.69) is 6.58 Å². The summed E-state index contributed by atoms with van der Waals surface area (Å²) in [6, 6.07) is 0. The lowest BCUT2D eigenvalue weighted by Gasteiger charge is -2.34. The fourth-order valence-electron chi connectivity index (χ4n) is 1.79. The van der Waals surface area contributed by atoms with Crippen molar-refractivity contribution in [2.75, 3.05) is 6.61 Å². The number of carbonyl (C=O) groups is 1. The van der Waals surface area contributed by atoms with Crippen LogP contribution in [0.15, 0.2) is 12.2 Å². The van der Waals surface area contributed by atoms with Gasteiger partial charge in [0.05, 0.1) is 6.61 Å². The van der Waals surface area contributed by atoms with Crippen LogP contribution in [0.2, 0.25) is 0 Å². The molecule has 0 aliphatic heterocycles. The van der Waals surface area contributed by atoms with Gasteiger partial charge in [-0.25, -0.2) is 0 Å². The minimum absolute atomic E-state index is 0.0191. The summed E-state index contributed by atoms with van der Waals surface area (Å²) in [5.74, 6) is 0.529. The second-order valence-corrected chi connectivity index (χ2v) is 4.43. The zero-order valence-corrected chi connectivity index (χ0v) is 8.47. The molecule has 1 saturated carbocycles. The van der Waals surface area contributed by atoms with Gasteiger partial charge in [0, 0.05) is 11.8 Å². The molecule has 0 bridgehead atoms. The highest BCUT2D eigenvalue weighted by atomic mass is 16.3. The predicted octanol–water partition coefficient (Wildman–Crippen LogP) is 1.93. The van der Waals surface area contributed by atoms with Gasteiger partial charge in [0.15, 0.2) is 0 Å². The van der Waals surface area contributed by atoms with Crippen molar-refractivity contribution in [3.8, 4) is 0 Å². The quantitative estimate of drug-likeness (QED) is 0.662. The SMILES string of the molecule is C=C(C)[C@H]1CC[C@@](C)(CO)C(=O)C1. The molecule has 0 saturated heterocycles. The summed E-state index contributed by atoms with van der Waals surface area (Å²) in [4.78, 5) is 11.7. The van der Waals surface area contributed by atoms with Crippen LogP contribution in [0.1, 0.15) is 33.1 Å². The number of hydrogen-bond acceptors (Lipinski definition) is 2. The number of rotatable bonds is 2. The smallest absolute Gasteiger partial charge is 0.141 e. The molecule has 0 aromatic heterocycles. The van der Waals surface area contributed by atoms with Crippen molar-refractivity contribution in [1.29, 1.82) is 0 Å². The number of allylic oxidation sites excluding steroid dienone is 1. The molecule has 2 heteroatoms. The first-order valence-corrected chi connectivity index (χ1v) is 4.79. The Morgan fingerprint density at radius 2 is 2.38 bits per heavy atom. The second kappa shape index (κ2) is 3.62. The number of carbonyl (C=O) groups excluding carboxylic acids is 1. The van der Waals surface area contributed by atoms with Crippen molar-refractivity contribution < 1.29 is 9.90 Å². The van der Waals surface area contributed by atoms with Gasteiger partial charge in [-0.15, -0.1) is 0 Å². The number of aliphatic hydroxyl groups is 1. The maximum atomic E-state index is 11.7. The fourth-order valence-corrected chi connectivity index (χ4v) is 1.79. The molecule has 1 aliphatic carbocycles. The summed E-state index contributed by atoms with van der Waals surface area (Å²) in [6.07, 6.45) is 2.34. The molecular formula is C11H18O2. The van der Waals surface area contributed by atoms with Gasteiger partial charge in [-0.2, -0.15) is 0 Å². The molecule has 0 heterocycles. The van der Waals surface area contributed by atoms with Crippen LogP contribution in [0.5, 0.6) is 0 Å². The Balaban J connectivity index is 2.67. The Morgan fingerprint density at radius 1 is 1.77 bits per heavy atom. The van der Waals surface area contributed by atoms with E-state index < -0.39 is 5.41 Å². The Hall–Kier alpha value is -0.630. The summed E-state index contributed by atoms with van der Waals surface area (Å²) >= 11 is 0. The van der Waals surface area contributed by atoms with Crippen molar-refractivity contribution >= 4 is 5.78 Å². The fraction of sp³-hybridized carbons (Fsp3) is 0.727. The molecular weight excluding hydrogens is 164 g/mol. The second-order valence-electron chi connectivity index (χ2n) is 4.43. The summed E-state index contributed by atoms with van der Waals surface area (Å²) in [7, 11) is 0. The highest BCUT2D eigenvalue weighted by Gasteiger charge is 2.38. The molecule has 13 heavy (non-hydrogen) atoms. The first-order chi connectivity index (χ1) is 5.99. The Bertz CT molecular complexity index is 232. The van der Waals surface area contributed by atoms with E-state index in [-0.39, 0.29) is 12.4 Å². The molecule has 2 atom stereocenters. The molecule has 2 nitrogen and oxygen atoms in total. The van der Waals surface area contributed by atoms with Crippen molar-refractivity contribution in [3.05, 3.63) is 12.2 Å². The summed E-state index contributed by atoms with van der Waals surface area (Å²) in [5, 5.41) is 9.10. The van der Waals surface area contributed by atoms with Gasteiger partial charge < -0.3 is 5.11 Å². The zero-order valence-electron chi connectivity index (χ0n) is 8.47. The van der Waals surface area contributed by atoms with Crippen molar-refractivity contribution in [3.63, 3.8) is 0 Å². The molecule has 1 aliphatic rings. The normalized spacial score (nSPS) is 34.7. The molecule has 0 unspecified atom stereocenters. The van der Waals surface area contributed by atoms with E-state index in [4.69, 9.17) is 5.11 Å². The number of hydrogen-bond donors (Lipinski definition) is 1. The van der Waals surface area contributed by atoms with Crippen molar-refractivity contribution in [1.82, 2.24) is 0 Å². The Morgan fingerprint density at radius 3 is 2.77 bits per heavy atom. The third-order valence-corrected chi connectivity index (χ3v) is 3.20. The highest BCUT2D eigenvalue weighted by Crippen LogP contribution is 2.37. The maximum absolute atomic E-state index is 11.7. The van der Waals surface area contributed by atoms with Crippen molar-refractivity contribution in [2.45, 2.75) is 33.1 Å². The maximum Gasteiger partial charge on any atom is 0.141 e. The van der Waals surface area contributed by atoms with Crippen LogP contribution in [-0.2, 0) is 4.79 Å². The third-order valence-electron chi connectivity index (χ3n) is 3.20. The lowest BCUT2D eigenvalue weighted by Crippen LogP contribution is -2.37. The van der Waals surface area contributed by atoms with Crippen LogP contribution < -0.4 is 0 Å². The Labute approximate surface area is 79.6 Å². The first-order valence-electron chi connectivity index (χ1n) is 4.79. The van der Waals surface area contributed by atoms with Crippen LogP contribution >= 0.6 is 0 Å². The van der Waals surface area contributed by atoms with Crippen molar-refractivity contribution in [2.24, 2.45) is 11.3 Å². The molecule has 0 radical (unpaired) electrons. The van der Waals surface area contributed by atoms with E-state index in [1.165, 1.54) is 0 Å². The van der Waals surface area contributed by atoms with Gasteiger partial charge in [-0.1, -0.05) is 19.1 Å². The van der Waals surface area contributed by atoms with Crippen LogP contribution in [0.25, 0.3) is 0 Å². The lowest BCUT2D eigenvalue weighted by atomic mass is 9.70. The molecule has 1 rings (SSSR count). The first kappa shape index (κ1) is 10.5. The van der Waals surface area contributed by atoms with Gasteiger partial charge in [0.1, 0.15) is 5.78 Å². The average Bonchev–Trinajstić information content (AvgIpc) is 2.09. The van der Waals surface area contributed by atoms with E-state index in [1.807, 2.05) is 13.8 Å². The summed E-state index contributed by atoms with van der Waals surface area (Å²) < 4.78 is 0. The van der Waals surface area contributed by atoms with Gasteiger partial charge in [0.2, 0.25) is 0 Å². The lowest BCUT2D eigenvalue weighted by molar-refractivity contribution is -0.133. The topological polar surface area (TPSA) is 37.3 Å². The van der Waals surface area contributed by atoms with Gasteiger partial charge in [-0.05, 0) is 25.7 Å². The van der Waals surface area contributed by atoms with Crippen LogP contribution in [0, 0.1) is 11.3 Å². The Kier molecular flexibility index (Phi) is 2.91. The van der Waals surface area contributed by atoms with E-state index in [0.717, 1.165) is 18.4 Å². The van der Waals surface area contributed by atoms with E-state index >= 15 is 0 Å². The summed E-state index contributed by atoms with van der Waals surface area (Å²) in [6.45, 7) is 7.68. The van der Waals surface area contributed by atoms with Gasteiger partial charge in [-0.3, -0.25) is 4.79 Å². The predicted molar refractivity (Wildman–Crippen MR) is 52.4 cm³/mol. The molecule has 0 aromatic rings. The molecule has 0 aromatic carbocycles. The highest BCUT2D eigenvalue weighted by molar-refractivity contribution is 5.85. The molecule has 1 N–H and O–H groups in total. The molecule has 74 valence electrons. The number of ketones is 1. The van der Waals surface area contributed by atoms with Crippen LogP contribution in [-0.4, -0.2) is 17.5 Å². The molecule has 0 amide bonds. The van der Waals surface area contributed by atoms with Gasteiger partial charge in [0.25, 0.3) is 0 Å². The van der Waals surface area contributed by atoms with Crippen LogP contribution in [0.4, 0.5) is 0 Å². The monoisotopic (exact) mass is 182 g/mol. The minimum Gasteiger partial charge on any atom is -0.395 e. The summed E-state index contributed by atoms with van der Waals surface area (Å²) in [5.41, 5.74) is 0.611. The molecule has 1 fully saturated rings. The average molecular weight is 182 g/mol. The minimum atomic E-state index is -0.480. The van der Waals surface area contributed by atoms with E-state index in [9.17, 15) is 4.79 Å². The van der Waals surface area contributed by atoms with E-state index in [0.29, 0.717) is 12.3 Å². The number of Topliss-reactive ketones (excluding diaryl/α,β-unsaturated/α-hetero) is 1. The third kappa shape index (κ3) is 1.99. The molecule has 0 spiro atoms. The zero-order chi connectivity index (χ0) is 10.1.